The van der Waals surface area contributed by atoms with Crippen molar-refractivity contribution < 1.29 is 0 Å². The normalized spacial score (nSPS) is 24.3. The molecule has 2 saturated carbocycles. The summed E-state index contributed by atoms with van der Waals surface area (Å²) in [4.78, 5) is 19.0. The average Bonchev–Trinajstić information content (AvgIpc) is 3.58. The lowest BCUT2D eigenvalue weighted by atomic mass is 9.98. The van der Waals surface area contributed by atoms with Gasteiger partial charge in [-0.1, -0.05) is 25.7 Å². The summed E-state index contributed by atoms with van der Waals surface area (Å²) >= 11 is 0. The van der Waals surface area contributed by atoms with E-state index >= 15 is 0 Å². The van der Waals surface area contributed by atoms with E-state index in [2.05, 4.69) is 54.4 Å². The molecular formula is C28H37N9. The van der Waals surface area contributed by atoms with Crippen LogP contribution >= 0.6 is 0 Å². The van der Waals surface area contributed by atoms with E-state index in [4.69, 9.17) is 10.7 Å². The standard InChI is InChI=1S/C28H37N9/c29-26-33-27(34-37(26)28-30-18-24-19-7-8-20(17-19)25(24)32-28)31-21-9-11-23(12-10-21)36-15-13-35(14-16-36)22-5-3-1-2-4-6-22/h9-12,18-20,22H,1-8,13-17H2,(H3,29,31,33,34). The number of anilines is 4. The van der Waals surface area contributed by atoms with Gasteiger partial charge in [-0.2, -0.15) is 9.67 Å². The third-order valence-corrected chi connectivity index (χ3v) is 9.06. The number of hydrogen-bond donors (Lipinski definition) is 2. The molecule has 0 radical (unpaired) electrons. The van der Waals surface area contributed by atoms with Gasteiger partial charge in [0.25, 0.3) is 5.95 Å². The Bertz CT molecular complexity index is 1240. The maximum absolute atomic E-state index is 6.20. The molecule has 9 nitrogen and oxygen atoms in total. The summed E-state index contributed by atoms with van der Waals surface area (Å²) in [5.41, 5.74) is 10.9. The van der Waals surface area contributed by atoms with E-state index in [9.17, 15) is 0 Å². The number of fused-ring (bicyclic) bond motifs is 5. The Hall–Kier alpha value is -3.20. The molecule has 3 aliphatic carbocycles. The molecule has 1 aliphatic heterocycles. The van der Waals surface area contributed by atoms with E-state index in [1.54, 1.807) is 0 Å². The highest BCUT2D eigenvalue weighted by Crippen LogP contribution is 2.51. The van der Waals surface area contributed by atoms with Crippen LogP contribution in [0.5, 0.6) is 0 Å². The van der Waals surface area contributed by atoms with Crippen LogP contribution in [0.3, 0.4) is 0 Å². The van der Waals surface area contributed by atoms with Crippen LogP contribution < -0.4 is 16.0 Å². The predicted octanol–water partition coefficient (Wildman–Crippen LogP) is 4.59. The fourth-order valence-electron chi connectivity index (χ4n) is 7.03. The molecule has 7 rings (SSSR count). The smallest absolute Gasteiger partial charge is 0.254 e. The summed E-state index contributed by atoms with van der Waals surface area (Å²) in [6.07, 6.45) is 14.1. The van der Waals surface area contributed by atoms with Crippen molar-refractivity contribution in [3.8, 4) is 5.95 Å². The molecule has 2 unspecified atom stereocenters. The highest BCUT2D eigenvalue weighted by atomic mass is 15.5. The van der Waals surface area contributed by atoms with Crippen molar-refractivity contribution in [2.45, 2.75) is 75.7 Å². The van der Waals surface area contributed by atoms with Gasteiger partial charge in [0.15, 0.2) is 0 Å². The van der Waals surface area contributed by atoms with Gasteiger partial charge in [0.2, 0.25) is 11.9 Å². The van der Waals surface area contributed by atoms with E-state index in [0.29, 0.717) is 23.7 Å². The molecule has 1 saturated heterocycles. The number of nitrogen functional groups attached to an aromatic ring is 1. The van der Waals surface area contributed by atoms with E-state index < -0.39 is 0 Å². The topological polar surface area (TPSA) is 101 Å². The van der Waals surface area contributed by atoms with Crippen molar-refractivity contribution >= 4 is 23.3 Å². The molecule has 2 aromatic heterocycles. The number of nitrogens with two attached hydrogens (primary N) is 1. The van der Waals surface area contributed by atoms with Gasteiger partial charge in [-0.05, 0) is 67.9 Å². The molecule has 4 aliphatic rings. The van der Waals surface area contributed by atoms with Gasteiger partial charge < -0.3 is 16.0 Å². The molecule has 194 valence electrons. The lowest BCUT2D eigenvalue weighted by molar-refractivity contribution is 0.169. The quantitative estimate of drug-likeness (QED) is 0.492. The Morgan fingerprint density at radius 3 is 2.38 bits per heavy atom. The van der Waals surface area contributed by atoms with Gasteiger partial charge in [-0.15, -0.1) is 5.10 Å². The Balaban J connectivity index is 0.990. The molecular weight excluding hydrogens is 462 g/mol. The maximum atomic E-state index is 6.20. The zero-order valence-electron chi connectivity index (χ0n) is 21.5. The predicted molar refractivity (Wildman–Crippen MR) is 146 cm³/mol. The SMILES string of the molecule is Nc1nc(Nc2ccc(N3CCN(C4CCCCCC4)CC3)cc2)nn1-c1ncc2c(n1)C1CCC2C1. The van der Waals surface area contributed by atoms with Crippen molar-refractivity contribution in [3.63, 3.8) is 0 Å². The van der Waals surface area contributed by atoms with Gasteiger partial charge in [0, 0.05) is 55.7 Å². The van der Waals surface area contributed by atoms with Crippen LogP contribution in [-0.2, 0) is 0 Å². The molecule has 1 aromatic carbocycles. The van der Waals surface area contributed by atoms with Gasteiger partial charge in [0.05, 0.1) is 5.69 Å². The van der Waals surface area contributed by atoms with E-state index in [-0.39, 0.29) is 5.95 Å². The molecule has 9 heteroatoms. The molecule has 2 atom stereocenters. The summed E-state index contributed by atoms with van der Waals surface area (Å²) < 4.78 is 1.54. The second-order valence-electron chi connectivity index (χ2n) is 11.3. The number of nitrogens with zero attached hydrogens (tertiary/aromatic N) is 7. The number of nitrogens with one attached hydrogen (secondary N) is 1. The molecule has 3 N–H and O–H groups in total. The average molecular weight is 500 g/mol. The third-order valence-electron chi connectivity index (χ3n) is 9.06. The number of benzene rings is 1. The molecule has 37 heavy (non-hydrogen) atoms. The Morgan fingerprint density at radius 2 is 1.59 bits per heavy atom. The first-order chi connectivity index (χ1) is 18.2. The molecule has 3 heterocycles. The van der Waals surface area contributed by atoms with Crippen molar-refractivity contribution in [2.75, 3.05) is 42.1 Å². The first-order valence-electron chi connectivity index (χ1n) is 14.2. The second kappa shape index (κ2) is 9.59. The highest BCUT2D eigenvalue weighted by molar-refractivity contribution is 5.60. The fraction of sp³-hybridized carbons (Fsp3) is 0.571. The van der Waals surface area contributed by atoms with Crippen molar-refractivity contribution in [1.29, 1.82) is 0 Å². The monoisotopic (exact) mass is 499 g/mol. The lowest BCUT2D eigenvalue weighted by Gasteiger charge is -2.40. The van der Waals surface area contributed by atoms with Crippen molar-refractivity contribution in [2.24, 2.45) is 0 Å². The van der Waals surface area contributed by atoms with Crippen LogP contribution in [0.2, 0.25) is 0 Å². The Kier molecular flexibility index (Phi) is 5.95. The molecule has 2 bridgehead atoms. The van der Waals surface area contributed by atoms with Crippen molar-refractivity contribution in [3.05, 3.63) is 41.7 Å². The largest absolute Gasteiger partial charge is 0.369 e. The van der Waals surface area contributed by atoms with Crippen LogP contribution in [0, 0.1) is 0 Å². The van der Waals surface area contributed by atoms with E-state index in [0.717, 1.165) is 37.9 Å². The van der Waals surface area contributed by atoms with Gasteiger partial charge in [-0.3, -0.25) is 4.90 Å². The number of hydrogen-bond acceptors (Lipinski definition) is 8. The summed E-state index contributed by atoms with van der Waals surface area (Å²) in [5.74, 6) is 2.43. The minimum absolute atomic E-state index is 0.286. The van der Waals surface area contributed by atoms with Crippen LogP contribution in [0.15, 0.2) is 30.5 Å². The molecule has 3 aromatic rings. The number of aromatic nitrogens is 5. The minimum Gasteiger partial charge on any atom is -0.369 e. The summed E-state index contributed by atoms with van der Waals surface area (Å²) in [6, 6.07) is 9.35. The minimum atomic E-state index is 0.286. The summed E-state index contributed by atoms with van der Waals surface area (Å²) in [5, 5.41) is 7.86. The van der Waals surface area contributed by atoms with Crippen LogP contribution in [-0.4, -0.2) is 61.9 Å². The van der Waals surface area contributed by atoms with Crippen LogP contribution in [0.4, 0.5) is 23.3 Å². The highest BCUT2D eigenvalue weighted by Gasteiger charge is 2.38. The second-order valence-corrected chi connectivity index (χ2v) is 11.3. The lowest BCUT2D eigenvalue weighted by Crippen LogP contribution is -2.50. The Labute approximate surface area is 218 Å². The van der Waals surface area contributed by atoms with Crippen LogP contribution in [0.1, 0.15) is 80.9 Å². The summed E-state index contributed by atoms with van der Waals surface area (Å²) in [7, 11) is 0. The van der Waals surface area contributed by atoms with Crippen molar-refractivity contribution in [1.82, 2.24) is 29.6 Å². The zero-order valence-corrected chi connectivity index (χ0v) is 21.5. The number of piperazine rings is 1. The first-order valence-corrected chi connectivity index (χ1v) is 14.2. The van der Waals surface area contributed by atoms with E-state index in [1.807, 2.05) is 6.20 Å². The van der Waals surface area contributed by atoms with Crippen LogP contribution in [0.25, 0.3) is 5.95 Å². The van der Waals surface area contributed by atoms with Gasteiger partial charge >= 0.3 is 0 Å². The number of rotatable bonds is 5. The molecule has 0 spiro atoms. The van der Waals surface area contributed by atoms with Gasteiger partial charge in [0.1, 0.15) is 0 Å². The van der Waals surface area contributed by atoms with E-state index in [1.165, 1.54) is 79.4 Å². The fourth-order valence-corrected chi connectivity index (χ4v) is 7.03. The van der Waals surface area contributed by atoms with Gasteiger partial charge in [-0.25, -0.2) is 9.97 Å². The maximum Gasteiger partial charge on any atom is 0.254 e. The molecule has 0 amide bonds. The Morgan fingerprint density at radius 1 is 0.838 bits per heavy atom. The third kappa shape index (κ3) is 4.43. The zero-order chi connectivity index (χ0) is 24.8. The first kappa shape index (κ1) is 23.0. The summed E-state index contributed by atoms with van der Waals surface area (Å²) in [6.45, 7) is 4.51. The molecule has 3 fully saturated rings.